The molecule has 1 N–H and O–H groups in total. The molecule has 1 aliphatic rings. The van der Waals surface area contributed by atoms with Crippen LogP contribution in [0.5, 0.6) is 11.5 Å². The van der Waals surface area contributed by atoms with Crippen LogP contribution in [-0.4, -0.2) is 57.1 Å². The number of ether oxygens (including phenoxy) is 4. The van der Waals surface area contributed by atoms with Gasteiger partial charge in [-0.1, -0.05) is 11.6 Å². The van der Waals surface area contributed by atoms with E-state index in [4.69, 9.17) is 42.8 Å². The first-order valence-electron chi connectivity index (χ1n) is 9.25. The van der Waals surface area contributed by atoms with Gasteiger partial charge in [-0.3, -0.25) is 0 Å². The number of carbonyl (C=O) groups is 1. The van der Waals surface area contributed by atoms with Crippen LogP contribution in [-0.2, 0) is 14.3 Å². The highest BCUT2D eigenvalue weighted by Crippen LogP contribution is 2.40. The number of esters is 1. The molecule has 9 heteroatoms. The second-order valence-corrected chi connectivity index (χ2v) is 7.11. The Hall–Kier alpha value is -2.03. The SMILES string of the molecule is CCOCCCN1C(=S)NC(c2cc(Cl)c(OC)c(OC)c2)C(C(=O)OC)=C1C. The molecule has 0 aliphatic carbocycles. The lowest BCUT2D eigenvalue weighted by atomic mass is 9.94. The number of allylic oxidation sites excluding steroid dienone is 1. The van der Waals surface area contributed by atoms with Crippen LogP contribution in [0.2, 0.25) is 5.02 Å². The molecule has 1 heterocycles. The lowest BCUT2D eigenvalue weighted by Gasteiger charge is -2.37. The first-order valence-corrected chi connectivity index (χ1v) is 10.0. The van der Waals surface area contributed by atoms with Gasteiger partial charge in [0.2, 0.25) is 0 Å². The number of nitrogens with zero attached hydrogens (tertiary/aromatic N) is 1. The van der Waals surface area contributed by atoms with E-state index in [1.54, 1.807) is 12.1 Å². The zero-order chi connectivity index (χ0) is 21.6. The van der Waals surface area contributed by atoms with Crippen LogP contribution in [0.3, 0.4) is 0 Å². The fourth-order valence-corrected chi connectivity index (χ4v) is 3.89. The van der Waals surface area contributed by atoms with Crippen molar-refractivity contribution in [2.75, 3.05) is 41.1 Å². The van der Waals surface area contributed by atoms with Gasteiger partial charge in [0.15, 0.2) is 16.6 Å². The lowest BCUT2D eigenvalue weighted by Crippen LogP contribution is -2.48. The molecule has 29 heavy (non-hydrogen) atoms. The Morgan fingerprint density at radius 3 is 2.59 bits per heavy atom. The molecule has 1 aromatic carbocycles. The third-order valence-corrected chi connectivity index (χ3v) is 5.28. The van der Waals surface area contributed by atoms with Gasteiger partial charge in [0.05, 0.1) is 38.0 Å². The van der Waals surface area contributed by atoms with Crippen molar-refractivity contribution in [3.05, 3.63) is 34.0 Å². The number of halogens is 1. The van der Waals surface area contributed by atoms with Crippen LogP contribution in [0.25, 0.3) is 0 Å². The van der Waals surface area contributed by atoms with Gasteiger partial charge in [-0.15, -0.1) is 0 Å². The quantitative estimate of drug-likeness (QED) is 0.354. The summed E-state index contributed by atoms with van der Waals surface area (Å²) in [5.41, 5.74) is 1.90. The summed E-state index contributed by atoms with van der Waals surface area (Å²) in [4.78, 5) is 14.5. The molecule has 0 bridgehead atoms. The van der Waals surface area contributed by atoms with E-state index < -0.39 is 12.0 Å². The van der Waals surface area contributed by atoms with Gasteiger partial charge in [-0.2, -0.15) is 0 Å². The molecule has 0 saturated carbocycles. The molecule has 1 atom stereocenters. The van der Waals surface area contributed by atoms with Crippen LogP contribution >= 0.6 is 23.8 Å². The number of benzene rings is 1. The molecular formula is C20H27ClN2O5S. The van der Waals surface area contributed by atoms with Crippen LogP contribution in [0.1, 0.15) is 31.9 Å². The van der Waals surface area contributed by atoms with Crippen LogP contribution in [0, 0.1) is 0 Å². The molecule has 0 fully saturated rings. The molecular weight excluding hydrogens is 416 g/mol. The summed E-state index contributed by atoms with van der Waals surface area (Å²) in [5, 5.41) is 4.13. The van der Waals surface area contributed by atoms with Gasteiger partial charge in [-0.05, 0) is 50.2 Å². The Morgan fingerprint density at radius 1 is 1.28 bits per heavy atom. The van der Waals surface area contributed by atoms with E-state index in [0.29, 0.717) is 52.5 Å². The first kappa shape index (κ1) is 23.3. The van der Waals surface area contributed by atoms with Gasteiger partial charge < -0.3 is 29.2 Å². The molecule has 0 amide bonds. The van der Waals surface area contributed by atoms with E-state index in [0.717, 1.165) is 12.1 Å². The fraction of sp³-hybridized carbons (Fsp3) is 0.500. The molecule has 0 spiro atoms. The van der Waals surface area contributed by atoms with Gasteiger partial charge >= 0.3 is 5.97 Å². The minimum Gasteiger partial charge on any atom is -0.493 e. The maximum Gasteiger partial charge on any atom is 0.337 e. The Labute approximate surface area is 181 Å². The van der Waals surface area contributed by atoms with Crippen LogP contribution < -0.4 is 14.8 Å². The molecule has 1 aromatic rings. The number of hydrogen-bond donors (Lipinski definition) is 1. The van der Waals surface area contributed by atoms with Crippen LogP contribution in [0.15, 0.2) is 23.4 Å². The Morgan fingerprint density at radius 2 is 2.00 bits per heavy atom. The predicted octanol–water partition coefficient (Wildman–Crippen LogP) is 3.46. The Kier molecular flexibility index (Phi) is 8.55. The number of thiocarbonyl (C=S) groups is 1. The molecule has 0 saturated heterocycles. The van der Waals surface area contributed by atoms with Gasteiger partial charge in [0.25, 0.3) is 0 Å². The maximum atomic E-state index is 12.6. The van der Waals surface area contributed by atoms with Crippen molar-refractivity contribution in [1.82, 2.24) is 10.2 Å². The van der Waals surface area contributed by atoms with Gasteiger partial charge in [-0.25, -0.2) is 4.79 Å². The third kappa shape index (κ3) is 5.12. The summed E-state index contributed by atoms with van der Waals surface area (Å²) in [7, 11) is 4.40. The summed E-state index contributed by atoms with van der Waals surface area (Å²) < 4.78 is 21.1. The summed E-state index contributed by atoms with van der Waals surface area (Å²) in [6.07, 6.45) is 0.772. The van der Waals surface area contributed by atoms with Crippen LogP contribution in [0.4, 0.5) is 0 Å². The van der Waals surface area contributed by atoms with Crippen molar-refractivity contribution in [3.8, 4) is 11.5 Å². The summed E-state index contributed by atoms with van der Waals surface area (Å²) >= 11 is 11.9. The Balaban J connectivity index is 2.47. The van der Waals surface area contributed by atoms with E-state index in [9.17, 15) is 4.79 Å². The van der Waals surface area contributed by atoms with Gasteiger partial charge in [0, 0.05) is 25.5 Å². The van der Waals surface area contributed by atoms with Crippen molar-refractivity contribution < 1.29 is 23.7 Å². The topological polar surface area (TPSA) is 69.3 Å². The zero-order valence-corrected chi connectivity index (χ0v) is 18.9. The number of methoxy groups -OCH3 is 3. The van der Waals surface area contributed by atoms with E-state index in [2.05, 4.69) is 5.32 Å². The molecule has 1 unspecified atom stereocenters. The van der Waals surface area contributed by atoms with Crippen molar-refractivity contribution in [1.29, 1.82) is 0 Å². The smallest absolute Gasteiger partial charge is 0.337 e. The molecule has 0 radical (unpaired) electrons. The number of carbonyl (C=O) groups excluding carboxylic acids is 1. The van der Waals surface area contributed by atoms with Crippen molar-refractivity contribution in [2.45, 2.75) is 26.3 Å². The molecule has 0 aromatic heterocycles. The average Bonchev–Trinajstić information content (AvgIpc) is 2.71. The highest BCUT2D eigenvalue weighted by atomic mass is 35.5. The molecule has 2 rings (SSSR count). The fourth-order valence-electron chi connectivity index (χ4n) is 3.25. The monoisotopic (exact) mass is 442 g/mol. The molecule has 7 nitrogen and oxygen atoms in total. The maximum absolute atomic E-state index is 12.6. The highest BCUT2D eigenvalue weighted by molar-refractivity contribution is 7.80. The standard InChI is InChI=1S/C20H27ClN2O5S/c1-6-28-9-7-8-23-12(2)16(19(24)27-5)17(22-20(23)29)13-10-14(21)18(26-4)15(11-13)25-3/h10-11,17H,6-9H2,1-5H3,(H,22,29). The number of nitrogens with one attached hydrogen (secondary N) is 1. The van der Waals surface area contributed by atoms with E-state index in [-0.39, 0.29) is 0 Å². The first-order chi connectivity index (χ1) is 13.9. The number of rotatable bonds is 9. The minimum atomic E-state index is -0.532. The van der Waals surface area contributed by atoms with E-state index >= 15 is 0 Å². The second-order valence-electron chi connectivity index (χ2n) is 6.31. The predicted molar refractivity (Wildman–Crippen MR) is 116 cm³/mol. The zero-order valence-electron chi connectivity index (χ0n) is 17.3. The molecule has 1 aliphatic heterocycles. The normalized spacial score (nSPS) is 16.6. The summed E-state index contributed by atoms with van der Waals surface area (Å²) in [6, 6.07) is 2.96. The van der Waals surface area contributed by atoms with Crippen molar-refractivity contribution in [3.63, 3.8) is 0 Å². The summed E-state index contributed by atoms with van der Waals surface area (Å²) in [5.74, 6) is 0.445. The molecule has 160 valence electrons. The summed E-state index contributed by atoms with van der Waals surface area (Å²) in [6.45, 7) is 5.71. The van der Waals surface area contributed by atoms with E-state index in [1.165, 1.54) is 21.3 Å². The largest absolute Gasteiger partial charge is 0.493 e. The Bertz CT molecular complexity index is 799. The minimum absolute atomic E-state index is 0.371. The van der Waals surface area contributed by atoms with E-state index in [1.807, 2.05) is 18.7 Å². The second kappa shape index (κ2) is 10.7. The number of hydrogen-bond acceptors (Lipinski definition) is 6. The third-order valence-electron chi connectivity index (χ3n) is 4.67. The van der Waals surface area contributed by atoms with Crippen molar-refractivity contribution >= 4 is 34.9 Å². The lowest BCUT2D eigenvalue weighted by molar-refractivity contribution is -0.136. The highest BCUT2D eigenvalue weighted by Gasteiger charge is 2.35. The van der Waals surface area contributed by atoms with Gasteiger partial charge in [0.1, 0.15) is 0 Å². The van der Waals surface area contributed by atoms with Crippen molar-refractivity contribution in [2.24, 2.45) is 0 Å². The average molecular weight is 443 g/mol.